The van der Waals surface area contributed by atoms with Crippen LogP contribution in [0.4, 0.5) is 5.69 Å². The average molecular weight is 319 g/mol. The lowest BCUT2D eigenvalue weighted by Gasteiger charge is -2.05. The Kier molecular flexibility index (Phi) is 2.23. The second kappa shape index (κ2) is 3.17. The lowest BCUT2D eigenvalue weighted by Crippen LogP contribution is -2.12. The summed E-state index contributed by atoms with van der Waals surface area (Å²) in [5.41, 5.74) is 1.89. The molecule has 0 atom stereocenters. The number of carbonyl (C=O) groups is 2. The van der Waals surface area contributed by atoms with E-state index < -0.39 is 11.7 Å². The van der Waals surface area contributed by atoms with Gasteiger partial charge in [-0.15, -0.1) is 0 Å². The van der Waals surface area contributed by atoms with Crippen LogP contribution in [-0.4, -0.2) is 11.7 Å². The maximum atomic E-state index is 11.5. The molecule has 5 heteroatoms. The van der Waals surface area contributed by atoms with Crippen LogP contribution < -0.4 is 5.32 Å². The zero-order valence-electron chi connectivity index (χ0n) is 7.15. The van der Waals surface area contributed by atoms with Crippen LogP contribution in [0.2, 0.25) is 0 Å². The third-order valence-electron chi connectivity index (χ3n) is 2.09. The van der Waals surface area contributed by atoms with Crippen molar-refractivity contribution in [3.05, 3.63) is 26.1 Å². The van der Waals surface area contributed by atoms with E-state index in [9.17, 15) is 9.59 Å². The largest absolute Gasteiger partial charge is 0.318 e. The summed E-state index contributed by atoms with van der Waals surface area (Å²) < 4.78 is 1.40. The minimum Gasteiger partial charge on any atom is -0.318 e. The highest BCUT2D eigenvalue weighted by atomic mass is 79.9. The maximum Gasteiger partial charge on any atom is 0.296 e. The quantitative estimate of drug-likeness (QED) is 0.747. The molecule has 0 spiro atoms. The monoisotopic (exact) mass is 317 g/mol. The number of ketones is 1. The molecule has 0 saturated heterocycles. The number of rotatable bonds is 0. The van der Waals surface area contributed by atoms with Crippen LogP contribution in [0, 0.1) is 6.92 Å². The van der Waals surface area contributed by atoms with Gasteiger partial charge in [0, 0.05) is 8.95 Å². The van der Waals surface area contributed by atoms with E-state index in [1.54, 1.807) is 0 Å². The van der Waals surface area contributed by atoms with Gasteiger partial charge in [0.05, 0.1) is 11.3 Å². The average Bonchev–Trinajstić information content (AvgIpc) is 2.41. The number of aryl methyl sites for hydroxylation is 1. The second-order valence-electron chi connectivity index (χ2n) is 3.02. The van der Waals surface area contributed by atoms with Crippen molar-refractivity contribution < 1.29 is 9.59 Å². The number of fused-ring (bicyclic) bond motifs is 1. The minimum absolute atomic E-state index is 0.418. The molecule has 1 aromatic rings. The van der Waals surface area contributed by atoms with Crippen LogP contribution in [0.1, 0.15) is 15.9 Å². The van der Waals surface area contributed by atoms with Gasteiger partial charge in [-0.3, -0.25) is 9.59 Å². The molecule has 72 valence electrons. The van der Waals surface area contributed by atoms with Gasteiger partial charge in [0.2, 0.25) is 0 Å². The summed E-state index contributed by atoms with van der Waals surface area (Å²) in [5, 5.41) is 2.54. The van der Waals surface area contributed by atoms with Crippen molar-refractivity contribution in [2.24, 2.45) is 0 Å². The molecule has 1 aliphatic rings. The Morgan fingerprint density at radius 1 is 1.29 bits per heavy atom. The highest BCUT2D eigenvalue weighted by molar-refractivity contribution is 9.13. The predicted octanol–water partition coefficient (Wildman–Crippen LogP) is 2.65. The van der Waals surface area contributed by atoms with Crippen molar-refractivity contribution in [1.82, 2.24) is 0 Å². The Morgan fingerprint density at radius 3 is 2.57 bits per heavy atom. The zero-order chi connectivity index (χ0) is 10.5. The Morgan fingerprint density at radius 2 is 1.93 bits per heavy atom. The van der Waals surface area contributed by atoms with E-state index in [-0.39, 0.29) is 0 Å². The maximum absolute atomic E-state index is 11.5. The molecule has 1 amide bonds. The lowest BCUT2D eigenvalue weighted by molar-refractivity contribution is -0.112. The van der Waals surface area contributed by atoms with Crippen LogP contribution in [0.5, 0.6) is 0 Å². The number of amides is 1. The van der Waals surface area contributed by atoms with Crippen molar-refractivity contribution in [3.63, 3.8) is 0 Å². The molecule has 1 N–H and O–H groups in total. The number of halogens is 2. The summed E-state index contributed by atoms with van der Waals surface area (Å²) in [5.74, 6) is -1.06. The van der Waals surface area contributed by atoms with Gasteiger partial charge in [-0.25, -0.2) is 0 Å². The third kappa shape index (κ3) is 1.23. The number of hydrogen-bond donors (Lipinski definition) is 1. The minimum atomic E-state index is -0.568. The smallest absolute Gasteiger partial charge is 0.296 e. The molecule has 3 nitrogen and oxygen atoms in total. The van der Waals surface area contributed by atoms with Crippen LogP contribution in [0.15, 0.2) is 15.0 Å². The van der Waals surface area contributed by atoms with E-state index in [1.165, 1.54) is 0 Å². The molecule has 0 fully saturated rings. The first kappa shape index (κ1) is 9.86. The van der Waals surface area contributed by atoms with Gasteiger partial charge in [0.1, 0.15) is 0 Å². The number of hydrogen-bond acceptors (Lipinski definition) is 2. The molecular weight excluding hydrogens is 314 g/mol. The second-order valence-corrected chi connectivity index (χ2v) is 4.67. The summed E-state index contributed by atoms with van der Waals surface area (Å²) in [6, 6.07) is 1.85. The van der Waals surface area contributed by atoms with E-state index in [0.717, 1.165) is 10.0 Å². The summed E-state index contributed by atoms with van der Waals surface area (Å²) in [4.78, 5) is 22.6. The standard InChI is InChI=1S/C9H5Br2NO2/c1-3-2-4(10)6(11)5-7(3)12-9(14)8(5)13/h2H,1H3,(H,12,13,14). The number of nitrogens with one attached hydrogen (secondary N) is 1. The van der Waals surface area contributed by atoms with Gasteiger partial charge in [0.15, 0.2) is 0 Å². The highest BCUT2D eigenvalue weighted by Gasteiger charge is 2.32. The fourth-order valence-corrected chi connectivity index (χ4v) is 2.44. The molecular formula is C9H5Br2NO2. The van der Waals surface area contributed by atoms with Gasteiger partial charge in [-0.1, -0.05) is 0 Å². The highest BCUT2D eigenvalue weighted by Crippen LogP contribution is 2.38. The molecule has 0 aromatic heterocycles. The van der Waals surface area contributed by atoms with Crippen molar-refractivity contribution in [2.45, 2.75) is 6.92 Å². The summed E-state index contributed by atoms with van der Waals surface area (Å²) in [6.07, 6.45) is 0. The number of carbonyl (C=O) groups excluding carboxylic acids is 2. The van der Waals surface area contributed by atoms with Crippen LogP contribution >= 0.6 is 31.9 Å². The molecule has 0 radical (unpaired) electrons. The number of benzene rings is 1. The Bertz CT molecular complexity index is 468. The Labute approximate surface area is 97.1 Å². The topological polar surface area (TPSA) is 46.2 Å². The normalized spacial score (nSPS) is 14.2. The lowest BCUT2D eigenvalue weighted by atomic mass is 10.1. The molecule has 1 aliphatic heterocycles. The first-order valence-corrected chi connectivity index (χ1v) is 5.45. The first-order valence-electron chi connectivity index (χ1n) is 3.86. The fourth-order valence-electron chi connectivity index (χ4n) is 1.41. The van der Waals surface area contributed by atoms with Gasteiger partial charge in [0.25, 0.3) is 11.7 Å². The molecule has 1 heterocycles. The summed E-state index contributed by atoms with van der Waals surface area (Å²) >= 11 is 6.58. The van der Waals surface area contributed by atoms with Gasteiger partial charge >= 0.3 is 0 Å². The van der Waals surface area contributed by atoms with Crippen molar-refractivity contribution in [2.75, 3.05) is 5.32 Å². The van der Waals surface area contributed by atoms with E-state index >= 15 is 0 Å². The third-order valence-corrected chi connectivity index (χ3v) is 4.07. The molecule has 0 aliphatic carbocycles. The molecule has 2 rings (SSSR count). The summed E-state index contributed by atoms with van der Waals surface area (Å²) in [6.45, 7) is 1.84. The van der Waals surface area contributed by atoms with Gasteiger partial charge in [-0.05, 0) is 50.4 Å². The molecule has 14 heavy (non-hydrogen) atoms. The predicted molar refractivity (Wildman–Crippen MR) is 59.5 cm³/mol. The molecule has 0 bridgehead atoms. The zero-order valence-corrected chi connectivity index (χ0v) is 10.3. The first-order chi connectivity index (χ1) is 6.52. The van der Waals surface area contributed by atoms with E-state index in [4.69, 9.17) is 0 Å². The van der Waals surface area contributed by atoms with Gasteiger partial charge in [-0.2, -0.15) is 0 Å². The molecule has 1 aromatic carbocycles. The summed E-state index contributed by atoms with van der Waals surface area (Å²) in [7, 11) is 0. The van der Waals surface area contributed by atoms with Crippen LogP contribution in [-0.2, 0) is 4.79 Å². The molecule has 0 saturated carbocycles. The Balaban J connectivity index is 2.80. The van der Waals surface area contributed by atoms with Crippen molar-refractivity contribution in [3.8, 4) is 0 Å². The number of anilines is 1. The van der Waals surface area contributed by atoms with Crippen molar-refractivity contribution >= 4 is 49.2 Å². The van der Waals surface area contributed by atoms with E-state index in [0.29, 0.717) is 15.7 Å². The SMILES string of the molecule is Cc1cc(Br)c(Br)c2c1NC(=O)C2=O. The van der Waals surface area contributed by atoms with E-state index in [2.05, 4.69) is 37.2 Å². The van der Waals surface area contributed by atoms with Crippen LogP contribution in [0.25, 0.3) is 0 Å². The number of Topliss-reactive ketones (excluding diaryl/α,β-unsaturated/α-hetero) is 1. The van der Waals surface area contributed by atoms with E-state index in [1.807, 2.05) is 13.0 Å². The van der Waals surface area contributed by atoms with Gasteiger partial charge < -0.3 is 5.32 Å². The van der Waals surface area contributed by atoms with Crippen LogP contribution in [0.3, 0.4) is 0 Å². The molecule has 0 unspecified atom stereocenters. The fraction of sp³-hybridized carbons (Fsp3) is 0.111. The Hall–Kier alpha value is -0.680. The van der Waals surface area contributed by atoms with Crippen molar-refractivity contribution in [1.29, 1.82) is 0 Å².